The van der Waals surface area contributed by atoms with Crippen molar-refractivity contribution in [2.75, 3.05) is 28.1 Å². The zero-order chi connectivity index (χ0) is 35.1. The highest BCUT2D eigenvalue weighted by Gasteiger charge is 2.38. The number of methoxy groups -OCH3 is 3. The van der Waals surface area contributed by atoms with E-state index in [4.69, 9.17) is 28.4 Å². The molecule has 0 radical (unpaired) electrons. The maximum Gasteiger partial charge on any atom is 0.193 e. The van der Waals surface area contributed by atoms with Crippen LogP contribution in [0.5, 0.6) is 23.0 Å². The Kier molecular flexibility index (Phi) is 12.1. The highest BCUT2D eigenvalue weighted by atomic mass is 16.7. The lowest BCUT2D eigenvalue weighted by atomic mass is 9.87. The summed E-state index contributed by atoms with van der Waals surface area (Å²) in [6.07, 6.45) is 17.7. The maximum absolute atomic E-state index is 14.1. The van der Waals surface area contributed by atoms with Gasteiger partial charge in [-0.3, -0.25) is 4.79 Å². The molecule has 0 aromatic heterocycles. The summed E-state index contributed by atoms with van der Waals surface area (Å²) < 4.78 is 35.0. The van der Waals surface area contributed by atoms with Crippen molar-refractivity contribution in [3.05, 3.63) is 87.5 Å². The monoisotopic (exact) mass is 658 g/mol. The summed E-state index contributed by atoms with van der Waals surface area (Å²) in [6, 6.07) is 5.40. The first-order valence-corrected chi connectivity index (χ1v) is 16.3. The molecule has 2 heterocycles. The Morgan fingerprint density at radius 2 is 1.46 bits per heavy atom. The number of hydrogen-bond acceptors (Lipinski definition) is 8. The molecule has 0 aliphatic carbocycles. The van der Waals surface area contributed by atoms with Gasteiger partial charge in [-0.2, -0.15) is 0 Å². The predicted molar refractivity (Wildman–Crippen MR) is 191 cm³/mol. The average Bonchev–Trinajstić information content (AvgIpc) is 3.03. The fraction of sp³-hybridized carbons (Fsp3) is 0.425. The van der Waals surface area contributed by atoms with Gasteiger partial charge in [0.05, 0.1) is 16.7 Å². The molecule has 8 heteroatoms. The summed E-state index contributed by atoms with van der Waals surface area (Å²) in [5, 5.41) is 11.7. The van der Waals surface area contributed by atoms with Gasteiger partial charge in [0.25, 0.3) is 0 Å². The standard InChI is InChI=1S/C40H50O8/c1-26(2)12-10-20-39(5)22-18-29-35(42)34(37-30(36(29)47-39)19-23-40(6,48-37)21-11-13-27(3)4)32(41)16-14-28-15-17-33(46-25-43-7)31(24-28)38(44-8)45-9/h12-19,22-24,38,42H,10-11,20-21,25H2,1-9H3/b16-14+. The van der Waals surface area contributed by atoms with Crippen LogP contribution in [-0.4, -0.2) is 50.2 Å². The first-order chi connectivity index (χ1) is 22.8. The van der Waals surface area contributed by atoms with E-state index in [1.165, 1.54) is 31.4 Å². The molecule has 0 spiro atoms. The molecule has 48 heavy (non-hydrogen) atoms. The predicted octanol–water partition coefficient (Wildman–Crippen LogP) is 9.38. The average molecular weight is 659 g/mol. The molecule has 0 bridgehead atoms. The van der Waals surface area contributed by atoms with Crippen LogP contribution >= 0.6 is 0 Å². The van der Waals surface area contributed by atoms with Crippen molar-refractivity contribution in [1.82, 2.24) is 0 Å². The second-order valence-electron chi connectivity index (χ2n) is 13.2. The minimum absolute atomic E-state index is 0.0536. The molecule has 2 unspecified atom stereocenters. The molecule has 258 valence electrons. The van der Waals surface area contributed by atoms with Crippen molar-refractivity contribution in [3.8, 4) is 23.0 Å². The van der Waals surface area contributed by atoms with E-state index in [0.717, 1.165) is 19.3 Å². The third kappa shape index (κ3) is 8.67. The molecule has 2 aliphatic rings. The van der Waals surface area contributed by atoms with Gasteiger partial charge in [0.15, 0.2) is 18.9 Å². The van der Waals surface area contributed by atoms with Crippen LogP contribution in [-0.2, 0) is 14.2 Å². The van der Waals surface area contributed by atoms with E-state index in [2.05, 4.69) is 39.8 Å². The van der Waals surface area contributed by atoms with E-state index >= 15 is 0 Å². The Bertz CT molecular complexity index is 1630. The van der Waals surface area contributed by atoms with E-state index in [-0.39, 0.29) is 18.1 Å². The van der Waals surface area contributed by atoms with Gasteiger partial charge in [0, 0.05) is 21.3 Å². The van der Waals surface area contributed by atoms with Crippen molar-refractivity contribution in [1.29, 1.82) is 0 Å². The van der Waals surface area contributed by atoms with Crippen LogP contribution in [0.1, 0.15) is 106 Å². The lowest BCUT2D eigenvalue weighted by Crippen LogP contribution is -2.35. The van der Waals surface area contributed by atoms with Crippen LogP contribution in [0.15, 0.2) is 59.7 Å². The Labute approximate surface area is 285 Å². The molecular formula is C40H50O8. The van der Waals surface area contributed by atoms with Gasteiger partial charge in [0.2, 0.25) is 0 Å². The number of allylic oxidation sites excluding steroid dienone is 5. The second kappa shape index (κ2) is 15.9. The number of ether oxygens (including phenoxy) is 6. The third-order valence-corrected chi connectivity index (χ3v) is 8.44. The van der Waals surface area contributed by atoms with E-state index in [1.54, 1.807) is 19.3 Å². The summed E-state index contributed by atoms with van der Waals surface area (Å²) in [5.74, 6) is 0.769. The lowest BCUT2D eigenvalue weighted by molar-refractivity contribution is -0.107. The minimum atomic E-state index is -0.697. The van der Waals surface area contributed by atoms with Crippen LogP contribution in [0.2, 0.25) is 0 Å². The summed E-state index contributed by atoms with van der Waals surface area (Å²) in [7, 11) is 4.61. The van der Waals surface area contributed by atoms with Crippen molar-refractivity contribution in [3.63, 3.8) is 0 Å². The van der Waals surface area contributed by atoms with Crippen LogP contribution in [0.4, 0.5) is 0 Å². The fourth-order valence-electron chi connectivity index (χ4n) is 5.81. The van der Waals surface area contributed by atoms with Gasteiger partial charge < -0.3 is 33.5 Å². The molecule has 2 aliphatic heterocycles. The lowest BCUT2D eigenvalue weighted by Gasteiger charge is -2.37. The van der Waals surface area contributed by atoms with Gasteiger partial charge in [0.1, 0.15) is 39.8 Å². The number of phenolic OH excluding ortho intramolecular Hbond substituents is 1. The third-order valence-electron chi connectivity index (χ3n) is 8.44. The summed E-state index contributed by atoms with van der Waals surface area (Å²) in [5.41, 5.74) is 3.71. The Morgan fingerprint density at radius 3 is 2.02 bits per heavy atom. The van der Waals surface area contributed by atoms with E-state index < -0.39 is 23.3 Å². The first kappa shape index (κ1) is 36.7. The molecule has 2 aromatic carbocycles. The van der Waals surface area contributed by atoms with Crippen molar-refractivity contribution in [2.45, 2.75) is 84.7 Å². The van der Waals surface area contributed by atoms with Crippen LogP contribution in [0.3, 0.4) is 0 Å². The summed E-state index contributed by atoms with van der Waals surface area (Å²) in [6.45, 7) is 12.4. The number of carbonyl (C=O) groups excluding carboxylic acids is 1. The molecule has 0 saturated carbocycles. The zero-order valence-electron chi connectivity index (χ0n) is 29.8. The quantitative estimate of drug-likeness (QED) is 0.0876. The molecule has 2 atom stereocenters. The normalized spacial score (nSPS) is 19.4. The molecule has 2 aromatic rings. The highest BCUT2D eigenvalue weighted by molar-refractivity contribution is 6.12. The van der Waals surface area contributed by atoms with E-state index in [0.29, 0.717) is 45.9 Å². The molecule has 0 fully saturated rings. The molecule has 0 saturated heterocycles. The Balaban J connectivity index is 1.77. The number of carbonyl (C=O) groups is 1. The van der Waals surface area contributed by atoms with Crippen LogP contribution in [0, 0.1) is 0 Å². The first-order valence-electron chi connectivity index (χ1n) is 16.3. The van der Waals surface area contributed by atoms with Crippen LogP contribution in [0.25, 0.3) is 18.2 Å². The van der Waals surface area contributed by atoms with Gasteiger partial charge >= 0.3 is 0 Å². The second-order valence-corrected chi connectivity index (χ2v) is 13.2. The number of benzene rings is 2. The number of hydrogen-bond donors (Lipinski definition) is 1. The Morgan fingerprint density at radius 1 is 0.875 bits per heavy atom. The number of ketones is 1. The maximum atomic E-state index is 14.1. The van der Waals surface area contributed by atoms with Crippen LogP contribution < -0.4 is 14.2 Å². The number of aromatic hydroxyl groups is 1. The zero-order valence-corrected chi connectivity index (χ0v) is 29.8. The van der Waals surface area contributed by atoms with Gasteiger partial charge in [-0.25, -0.2) is 0 Å². The number of fused-ring (bicyclic) bond motifs is 3. The molecule has 4 rings (SSSR count). The number of rotatable bonds is 15. The van der Waals surface area contributed by atoms with Gasteiger partial charge in [-0.05, 0) is 115 Å². The topological polar surface area (TPSA) is 92.7 Å². The Hall–Kier alpha value is -4.11. The van der Waals surface area contributed by atoms with Crippen molar-refractivity contribution in [2.24, 2.45) is 0 Å². The van der Waals surface area contributed by atoms with Gasteiger partial charge in [-0.1, -0.05) is 35.4 Å². The molecule has 0 amide bonds. The van der Waals surface area contributed by atoms with E-state index in [1.807, 2.05) is 50.3 Å². The smallest absolute Gasteiger partial charge is 0.193 e. The molecule has 8 nitrogen and oxygen atoms in total. The SMILES string of the molecule is COCOc1ccc(/C=C/C(=O)c2c(O)c3c(c4c2OC(C)(CCC=C(C)C)C=C4)OC(C)(CCC=C(C)C)C=C3)cc1C(OC)OC. The highest BCUT2D eigenvalue weighted by Crippen LogP contribution is 2.51. The molecular weight excluding hydrogens is 608 g/mol. The van der Waals surface area contributed by atoms with Crippen molar-refractivity contribution < 1.29 is 38.3 Å². The largest absolute Gasteiger partial charge is 0.506 e. The molecule has 1 N–H and O–H groups in total. The minimum Gasteiger partial charge on any atom is -0.506 e. The van der Waals surface area contributed by atoms with Crippen molar-refractivity contribution >= 4 is 24.0 Å². The fourth-order valence-corrected chi connectivity index (χ4v) is 5.81. The van der Waals surface area contributed by atoms with Gasteiger partial charge in [-0.15, -0.1) is 0 Å². The van der Waals surface area contributed by atoms with E-state index in [9.17, 15) is 9.90 Å². The summed E-state index contributed by atoms with van der Waals surface area (Å²) >= 11 is 0. The number of phenols is 1. The summed E-state index contributed by atoms with van der Waals surface area (Å²) in [4.78, 5) is 14.1.